The lowest BCUT2D eigenvalue weighted by atomic mass is 9.92. The molecule has 1 aromatic heterocycles. The van der Waals surface area contributed by atoms with E-state index in [0.29, 0.717) is 5.41 Å². The molecule has 2 N–H and O–H groups in total. The fourth-order valence-corrected chi connectivity index (χ4v) is 1.84. The molecule has 0 spiro atoms. The van der Waals surface area contributed by atoms with Crippen LogP contribution < -0.4 is 5.73 Å². The van der Waals surface area contributed by atoms with E-state index in [1.807, 2.05) is 36.7 Å². The van der Waals surface area contributed by atoms with Gasteiger partial charge in [0, 0.05) is 30.2 Å². The Morgan fingerprint density at radius 3 is 2.44 bits per heavy atom. The first-order valence-electron chi connectivity index (χ1n) is 6.33. The van der Waals surface area contributed by atoms with Crippen LogP contribution in [0.3, 0.4) is 0 Å². The third-order valence-electron chi connectivity index (χ3n) is 2.99. The minimum atomic E-state index is 0.336. The number of benzene rings is 1. The van der Waals surface area contributed by atoms with Crippen molar-refractivity contribution < 1.29 is 0 Å². The average Bonchev–Trinajstić information content (AvgIpc) is 2.75. The van der Waals surface area contributed by atoms with Gasteiger partial charge in [-0.2, -0.15) is 0 Å². The maximum Gasteiger partial charge on any atom is 0.139 e. The molecule has 0 aliphatic heterocycles. The van der Waals surface area contributed by atoms with Gasteiger partial charge in [0.1, 0.15) is 5.82 Å². The SMILES string of the molecule is CC(C)(C)CCn1ccnc1-c1ccc(N)cc1. The number of imidazole rings is 1. The lowest BCUT2D eigenvalue weighted by Gasteiger charge is -2.19. The summed E-state index contributed by atoms with van der Waals surface area (Å²) in [4.78, 5) is 4.44. The van der Waals surface area contributed by atoms with Crippen molar-refractivity contribution in [1.82, 2.24) is 9.55 Å². The molecule has 1 aromatic carbocycles. The molecule has 3 heteroatoms. The molecule has 0 aliphatic rings. The van der Waals surface area contributed by atoms with Crippen molar-refractivity contribution in [2.75, 3.05) is 5.73 Å². The smallest absolute Gasteiger partial charge is 0.139 e. The van der Waals surface area contributed by atoms with Crippen LogP contribution in [0.4, 0.5) is 5.69 Å². The summed E-state index contributed by atoms with van der Waals surface area (Å²) in [5, 5.41) is 0. The molecule has 0 radical (unpaired) electrons. The lowest BCUT2D eigenvalue weighted by Crippen LogP contribution is -2.10. The topological polar surface area (TPSA) is 43.8 Å². The highest BCUT2D eigenvalue weighted by atomic mass is 15.1. The zero-order valence-electron chi connectivity index (χ0n) is 11.4. The summed E-state index contributed by atoms with van der Waals surface area (Å²) in [5.41, 5.74) is 7.94. The van der Waals surface area contributed by atoms with Crippen molar-refractivity contribution in [3.05, 3.63) is 36.7 Å². The van der Waals surface area contributed by atoms with E-state index < -0.39 is 0 Å². The summed E-state index contributed by atoms with van der Waals surface area (Å²) >= 11 is 0. The zero-order valence-corrected chi connectivity index (χ0v) is 11.4. The van der Waals surface area contributed by atoms with Gasteiger partial charge in [0.2, 0.25) is 0 Å². The van der Waals surface area contributed by atoms with Crippen LogP contribution >= 0.6 is 0 Å². The molecule has 0 fully saturated rings. The predicted molar refractivity (Wildman–Crippen MR) is 76.1 cm³/mol. The van der Waals surface area contributed by atoms with Gasteiger partial charge in [0.15, 0.2) is 0 Å². The highest BCUT2D eigenvalue weighted by Gasteiger charge is 2.12. The summed E-state index contributed by atoms with van der Waals surface area (Å²) in [6.45, 7) is 7.76. The molecule has 3 nitrogen and oxygen atoms in total. The lowest BCUT2D eigenvalue weighted by molar-refractivity contribution is 0.351. The van der Waals surface area contributed by atoms with E-state index in [9.17, 15) is 0 Å². The number of nitrogen functional groups attached to an aromatic ring is 1. The van der Waals surface area contributed by atoms with Crippen LogP contribution in [0, 0.1) is 5.41 Å². The average molecular weight is 243 g/mol. The summed E-state index contributed by atoms with van der Waals surface area (Å²) < 4.78 is 2.21. The second-order valence-corrected chi connectivity index (χ2v) is 5.88. The molecule has 0 bridgehead atoms. The van der Waals surface area contributed by atoms with Crippen LogP contribution in [0.15, 0.2) is 36.7 Å². The monoisotopic (exact) mass is 243 g/mol. The number of anilines is 1. The van der Waals surface area contributed by atoms with E-state index >= 15 is 0 Å². The molecule has 18 heavy (non-hydrogen) atoms. The summed E-state index contributed by atoms with van der Waals surface area (Å²) in [7, 11) is 0. The highest BCUT2D eigenvalue weighted by molar-refractivity contribution is 5.59. The van der Waals surface area contributed by atoms with Crippen LogP contribution in [0.2, 0.25) is 0 Å². The first kappa shape index (κ1) is 12.7. The van der Waals surface area contributed by atoms with Crippen LogP contribution in [-0.2, 0) is 6.54 Å². The molecule has 96 valence electrons. The standard InChI is InChI=1S/C15H21N3/c1-15(2,3)8-10-18-11-9-17-14(18)12-4-6-13(16)7-5-12/h4-7,9,11H,8,10,16H2,1-3H3. The number of hydrogen-bond donors (Lipinski definition) is 1. The van der Waals surface area contributed by atoms with Gasteiger partial charge >= 0.3 is 0 Å². The fraction of sp³-hybridized carbons (Fsp3) is 0.400. The molecule has 2 rings (SSSR count). The van der Waals surface area contributed by atoms with Crippen LogP contribution in [0.1, 0.15) is 27.2 Å². The van der Waals surface area contributed by atoms with E-state index in [-0.39, 0.29) is 0 Å². The molecule has 0 saturated heterocycles. The molecule has 2 aromatic rings. The van der Waals surface area contributed by atoms with Gasteiger partial charge in [-0.1, -0.05) is 20.8 Å². The Morgan fingerprint density at radius 2 is 1.83 bits per heavy atom. The Kier molecular flexibility index (Phi) is 3.41. The van der Waals surface area contributed by atoms with Crippen LogP contribution in [-0.4, -0.2) is 9.55 Å². The van der Waals surface area contributed by atoms with Gasteiger partial charge < -0.3 is 10.3 Å². The second-order valence-electron chi connectivity index (χ2n) is 5.88. The molecule has 0 aliphatic carbocycles. The first-order valence-corrected chi connectivity index (χ1v) is 6.33. The molecular weight excluding hydrogens is 222 g/mol. The van der Waals surface area contributed by atoms with E-state index in [2.05, 4.69) is 30.3 Å². The number of nitrogens with zero attached hydrogens (tertiary/aromatic N) is 2. The first-order chi connectivity index (χ1) is 8.46. The van der Waals surface area contributed by atoms with Crippen molar-refractivity contribution >= 4 is 5.69 Å². The summed E-state index contributed by atoms with van der Waals surface area (Å²) in [6.07, 6.45) is 5.02. The molecule has 1 heterocycles. The minimum absolute atomic E-state index is 0.336. The third-order valence-corrected chi connectivity index (χ3v) is 2.99. The Hall–Kier alpha value is -1.77. The molecule has 0 atom stereocenters. The van der Waals surface area contributed by atoms with Gasteiger partial charge in [0.25, 0.3) is 0 Å². The second kappa shape index (κ2) is 4.84. The van der Waals surface area contributed by atoms with Crippen molar-refractivity contribution in [2.45, 2.75) is 33.7 Å². The fourth-order valence-electron chi connectivity index (χ4n) is 1.84. The largest absolute Gasteiger partial charge is 0.399 e. The number of aromatic nitrogens is 2. The van der Waals surface area contributed by atoms with E-state index in [0.717, 1.165) is 30.0 Å². The normalized spacial score (nSPS) is 11.7. The number of aryl methyl sites for hydroxylation is 1. The quantitative estimate of drug-likeness (QED) is 0.837. The predicted octanol–water partition coefficient (Wildman–Crippen LogP) is 3.57. The zero-order chi connectivity index (χ0) is 13.2. The number of nitrogens with two attached hydrogens (primary N) is 1. The number of hydrogen-bond acceptors (Lipinski definition) is 2. The van der Waals surface area contributed by atoms with Gasteiger partial charge in [0.05, 0.1) is 0 Å². The molecule has 0 amide bonds. The van der Waals surface area contributed by atoms with E-state index in [4.69, 9.17) is 5.73 Å². The highest BCUT2D eigenvalue weighted by Crippen LogP contribution is 2.23. The molecule has 0 unspecified atom stereocenters. The van der Waals surface area contributed by atoms with Gasteiger partial charge in [-0.25, -0.2) is 4.98 Å². The van der Waals surface area contributed by atoms with Gasteiger partial charge in [-0.15, -0.1) is 0 Å². The Bertz CT molecular complexity index is 503. The Labute approximate surface area is 109 Å². The maximum absolute atomic E-state index is 5.71. The van der Waals surface area contributed by atoms with Gasteiger partial charge in [-0.05, 0) is 36.1 Å². The van der Waals surface area contributed by atoms with Crippen LogP contribution in [0.25, 0.3) is 11.4 Å². The third kappa shape index (κ3) is 3.13. The molecule has 0 saturated carbocycles. The van der Waals surface area contributed by atoms with Crippen molar-refractivity contribution in [3.63, 3.8) is 0 Å². The number of rotatable bonds is 3. The van der Waals surface area contributed by atoms with E-state index in [1.54, 1.807) is 0 Å². The van der Waals surface area contributed by atoms with Crippen molar-refractivity contribution in [2.24, 2.45) is 5.41 Å². The molecular formula is C15H21N3. The van der Waals surface area contributed by atoms with Crippen LogP contribution in [0.5, 0.6) is 0 Å². The Morgan fingerprint density at radius 1 is 1.17 bits per heavy atom. The maximum atomic E-state index is 5.71. The van der Waals surface area contributed by atoms with Gasteiger partial charge in [-0.3, -0.25) is 0 Å². The van der Waals surface area contributed by atoms with Crippen molar-refractivity contribution in [3.8, 4) is 11.4 Å². The minimum Gasteiger partial charge on any atom is -0.399 e. The van der Waals surface area contributed by atoms with E-state index in [1.165, 1.54) is 0 Å². The summed E-state index contributed by atoms with van der Waals surface area (Å²) in [6, 6.07) is 7.87. The summed E-state index contributed by atoms with van der Waals surface area (Å²) in [5.74, 6) is 1.01. The van der Waals surface area contributed by atoms with Crippen molar-refractivity contribution in [1.29, 1.82) is 0 Å². The Balaban J connectivity index is 2.20.